The third-order valence-corrected chi connectivity index (χ3v) is 10.2. The van der Waals surface area contributed by atoms with Crippen molar-refractivity contribution in [1.82, 2.24) is 10.2 Å². The van der Waals surface area contributed by atoms with Crippen molar-refractivity contribution in [3.05, 3.63) is 130 Å². The second kappa shape index (κ2) is 15.2. The highest BCUT2D eigenvalue weighted by Crippen LogP contribution is 2.27. The fraction of sp³-hybridized carbons (Fsp3) is 0.316. The third kappa shape index (κ3) is 8.63. The normalized spacial score (nSPS) is 12.7. The summed E-state index contributed by atoms with van der Waals surface area (Å²) in [5.41, 5.74) is 6.03. The summed E-state index contributed by atoms with van der Waals surface area (Å²) >= 11 is 0. The summed E-state index contributed by atoms with van der Waals surface area (Å²) in [4.78, 5) is 30.2. The van der Waals surface area contributed by atoms with E-state index in [4.69, 9.17) is 0 Å². The second-order valence-electron chi connectivity index (χ2n) is 12.1. The number of amides is 2. The zero-order valence-electron chi connectivity index (χ0n) is 27.7. The van der Waals surface area contributed by atoms with Crippen molar-refractivity contribution in [3.63, 3.8) is 0 Å². The molecule has 0 heterocycles. The van der Waals surface area contributed by atoms with E-state index in [9.17, 15) is 18.0 Å². The number of nitrogens with one attached hydrogen (secondary N) is 1. The van der Waals surface area contributed by atoms with Gasteiger partial charge < -0.3 is 10.2 Å². The minimum absolute atomic E-state index is 0.0876. The molecular formula is C38H45N3O4S. The van der Waals surface area contributed by atoms with Crippen molar-refractivity contribution in [3.8, 4) is 0 Å². The maximum Gasteiger partial charge on any atom is 0.264 e. The number of carbonyl (C=O) groups excluding carboxylic acids is 2. The van der Waals surface area contributed by atoms with E-state index in [1.165, 1.54) is 9.21 Å². The van der Waals surface area contributed by atoms with E-state index in [0.29, 0.717) is 5.69 Å². The molecule has 0 saturated heterocycles. The number of hydrogen-bond acceptors (Lipinski definition) is 4. The summed E-state index contributed by atoms with van der Waals surface area (Å²) in [5, 5.41) is 3.08. The van der Waals surface area contributed by atoms with Crippen LogP contribution in [0.15, 0.2) is 102 Å². The van der Waals surface area contributed by atoms with Gasteiger partial charge in [0, 0.05) is 19.0 Å². The van der Waals surface area contributed by atoms with E-state index < -0.39 is 28.5 Å². The van der Waals surface area contributed by atoms with E-state index in [1.54, 1.807) is 36.4 Å². The Morgan fingerprint density at radius 2 is 1.37 bits per heavy atom. The maximum atomic E-state index is 14.6. The molecular weight excluding hydrogens is 595 g/mol. The number of anilines is 1. The first-order valence-electron chi connectivity index (χ1n) is 15.7. The minimum atomic E-state index is -4.15. The summed E-state index contributed by atoms with van der Waals surface area (Å²) < 4.78 is 29.7. The number of hydrogen-bond donors (Lipinski definition) is 1. The predicted molar refractivity (Wildman–Crippen MR) is 185 cm³/mol. The predicted octanol–water partition coefficient (Wildman–Crippen LogP) is 6.67. The van der Waals surface area contributed by atoms with Crippen LogP contribution in [0.4, 0.5) is 5.69 Å². The highest BCUT2D eigenvalue weighted by molar-refractivity contribution is 7.92. The average molecular weight is 640 g/mol. The summed E-state index contributed by atoms with van der Waals surface area (Å²) in [6.07, 6.45) is 1.00. The Kier molecular flexibility index (Phi) is 11.4. The Labute approximate surface area is 274 Å². The Morgan fingerprint density at radius 3 is 1.96 bits per heavy atom. The summed E-state index contributed by atoms with van der Waals surface area (Å²) in [6.45, 7) is 11.3. The van der Waals surface area contributed by atoms with Gasteiger partial charge in [-0.3, -0.25) is 13.9 Å². The Balaban J connectivity index is 1.82. The van der Waals surface area contributed by atoms with Crippen molar-refractivity contribution in [2.24, 2.45) is 0 Å². The molecule has 0 saturated carbocycles. The van der Waals surface area contributed by atoms with Crippen LogP contribution in [0.5, 0.6) is 0 Å². The molecule has 242 valence electrons. The van der Waals surface area contributed by atoms with Gasteiger partial charge in [0.2, 0.25) is 11.8 Å². The maximum absolute atomic E-state index is 14.6. The lowest BCUT2D eigenvalue weighted by atomic mass is 10.0. The Morgan fingerprint density at radius 1 is 0.761 bits per heavy atom. The van der Waals surface area contributed by atoms with Crippen LogP contribution in [0.1, 0.15) is 53.6 Å². The summed E-state index contributed by atoms with van der Waals surface area (Å²) in [7, 11) is -4.15. The van der Waals surface area contributed by atoms with E-state index in [0.717, 1.165) is 39.8 Å². The number of sulfonamides is 1. The van der Waals surface area contributed by atoms with Crippen molar-refractivity contribution >= 4 is 27.5 Å². The van der Waals surface area contributed by atoms with Gasteiger partial charge in [0.15, 0.2) is 0 Å². The zero-order chi connectivity index (χ0) is 33.4. The molecule has 0 aliphatic heterocycles. The minimum Gasteiger partial charge on any atom is -0.352 e. The molecule has 0 bridgehead atoms. The van der Waals surface area contributed by atoms with Crippen LogP contribution in [0.3, 0.4) is 0 Å². The van der Waals surface area contributed by atoms with Crippen LogP contribution >= 0.6 is 0 Å². The number of rotatable bonds is 13. The first-order chi connectivity index (χ1) is 21.9. The van der Waals surface area contributed by atoms with Crippen LogP contribution in [0.2, 0.25) is 0 Å². The summed E-state index contributed by atoms with van der Waals surface area (Å²) in [6, 6.07) is 28.4. The summed E-state index contributed by atoms with van der Waals surface area (Å²) in [5.74, 6) is -0.757. The van der Waals surface area contributed by atoms with E-state index in [2.05, 4.69) is 5.32 Å². The van der Waals surface area contributed by atoms with Gasteiger partial charge in [0.1, 0.15) is 12.6 Å². The zero-order valence-corrected chi connectivity index (χ0v) is 28.5. The van der Waals surface area contributed by atoms with Gasteiger partial charge in [-0.25, -0.2) is 8.42 Å². The highest BCUT2D eigenvalue weighted by atomic mass is 32.2. The van der Waals surface area contributed by atoms with Crippen LogP contribution < -0.4 is 9.62 Å². The Bertz CT molecular complexity index is 1740. The lowest BCUT2D eigenvalue weighted by Gasteiger charge is -2.34. The smallest absolute Gasteiger partial charge is 0.264 e. The van der Waals surface area contributed by atoms with Gasteiger partial charge in [-0.2, -0.15) is 0 Å². The molecule has 0 spiro atoms. The van der Waals surface area contributed by atoms with Crippen LogP contribution in [0.25, 0.3) is 0 Å². The molecule has 7 nitrogen and oxygen atoms in total. The quantitative estimate of drug-likeness (QED) is 0.177. The van der Waals surface area contributed by atoms with Crippen LogP contribution in [0, 0.1) is 27.7 Å². The highest BCUT2D eigenvalue weighted by Gasteiger charge is 2.35. The molecule has 0 aliphatic carbocycles. The SMILES string of the molecule is CC[C@H](C)NC(=O)[C@@H](Cc1ccccc1)N(Cc1ccc(C)cc1)C(=O)CN(c1ccc(C)c(C)c1)S(=O)(=O)c1ccc(C)cc1. The molecule has 46 heavy (non-hydrogen) atoms. The van der Waals surface area contributed by atoms with Gasteiger partial charge in [-0.05, 0) is 87.6 Å². The molecule has 4 rings (SSSR count). The van der Waals surface area contributed by atoms with E-state index >= 15 is 0 Å². The van der Waals surface area contributed by atoms with Gasteiger partial charge in [0.05, 0.1) is 10.6 Å². The molecule has 1 N–H and O–H groups in total. The monoisotopic (exact) mass is 639 g/mol. The molecule has 2 amide bonds. The largest absolute Gasteiger partial charge is 0.352 e. The number of nitrogens with zero attached hydrogens (tertiary/aromatic N) is 2. The Hall–Kier alpha value is -4.43. The first kappa shape index (κ1) is 34.4. The molecule has 0 aliphatic rings. The number of aryl methyl sites for hydroxylation is 4. The molecule has 4 aromatic rings. The fourth-order valence-corrected chi connectivity index (χ4v) is 6.54. The van der Waals surface area contributed by atoms with Gasteiger partial charge in [-0.15, -0.1) is 0 Å². The molecule has 2 atom stereocenters. The first-order valence-corrected chi connectivity index (χ1v) is 17.2. The molecule has 0 fully saturated rings. The number of benzene rings is 4. The van der Waals surface area contributed by atoms with Gasteiger partial charge >= 0.3 is 0 Å². The van der Waals surface area contributed by atoms with E-state index in [1.807, 2.05) is 102 Å². The van der Waals surface area contributed by atoms with Crippen molar-refractivity contribution < 1.29 is 18.0 Å². The fourth-order valence-electron chi connectivity index (χ4n) is 5.13. The second-order valence-corrected chi connectivity index (χ2v) is 14.0. The van der Waals surface area contributed by atoms with Gasteiger partial charge in [0.25, 0.3) is 10.0 Å². The lowest BCUT2D eigenvalue weighted by molar-refractivity contribution is -0.140. The van der Waals surface area contributed by atoms with Crippen molar-refractivity contribution in [2.75, 3.05) is 10.8 Å². The van der Waals surface area contributed by atoms with Gasteiger partial charge in [-0.1, -0.05) is 90.8 Å². The molecule has 0 aromatic heterocycles. The standard InChI is InChI=1S/C38H45N3O4S/c1-7-31(6)39-38(43)36(24-32-11-9-8-10-12-32)40(25-33-18-13-27(2)14-19-33)37(42)26-41(34-20-17-29(4)30(5)23-34)46(44,45)35-21-15-28(3)16-22-35/h8-23,31,36H,7,24-26H2,1-6H3,(H,39,43)/t31-,36+/m0/s1. The molecule has 0 radical (unpaired) electrons. The van der Waals surface area contributed by atoms with Crippen molar-refractivity contribution in [1.29, 1.82) is 0 Å². The topological polar surface area (TPSA) is 86.8 Å². The molecule has 8 heteroatoms. The number of carbonyl (C=O) groups is 2. The van der Waals surface area contributed by atoms with Crippen molar-refractivity contribution in [2.45, 2.75) is 77.9 Å². The average Bonchev–Trinajstić information content (AvgIpc) is 3.04. The molecule has 4 aromatic carbocycles. The van der Waals surface area contributed by atoms with Crippen LogP contribution in [-0.4, -0.2) is 43.8 Å². The third-order valence-electron chi connectivity index (χ3n) is 8.41. The molecule has 0 unspecified atom stereocenters. The van der Waals surface area contributed by atoms with E-state index in [-0.39, 0.29) is 29.8 Å². The lowest BCUT2D eigenvalue weighted by Crippen LogP contribution is -2.54. The van der Waals surface area contributed by atoms with Crippen LogP contribution in [-0.2, 0) is 32.6 Å².